The Morgan fingerprint density at radius 1 is 1.17 bits per heavy atom. The van der Waals surface area contributed by atoms with Crippen LogP contribution in [0.25, 0.3) is 10.9 Å². The lowest BCUT2D eigenvalue weighted by molar-refractivity contribution is 0.968. The van der Waals surface area contributed by atoms with Gasteiger partial charge in [0.15, 0.2) is 0 Å². The monoisotopic (exact) mass is 243 g/mol. The minimum absolute atomic E-state index is 0.682. The van der Waals surface area contributed by atoms with Gasteiger partial charge in [-0.2, -0.15) is 0 Å². The van der Waals surface area contributed by atoms with Crippen LogP contribution in [-0.2, 0) is 6.42 Å². The summed E-state index contributed by atoms with van der Waals surface area (Å²) in [4.78, 5) is 6.80. The van der Waals surface area contributed by atoms with Crippen molar-refractivity contribution in [2.45, 2.75) is 20.3 Å². The lowest BCUT2D eigenvalue weighted by Crippen LogP contribution is -2.11. The maximum atomic E-state index is 5.65. The molecule has 0 saturated carbocycles. The highest BCUT2D eigenvalue weighted by atomic mass is 15.1. The van der Waals surface area contributed by atoms with E-state index in [1.165, 1.54) is 22.2 Å². The minimum Gasteiger partial charge on any atom is -0.377 e. The van der Waals surface area contributed by atoms with E-state index in [0.29, 0.717) is 6.54 Å². The largest absolute Gasteiger partial charge is 0.377 e. The predicted molar refractivity (Wildman–Crippen MR) is 78.3 cm³/mol. The molecular weight excluding hydrogens is 222 g/mol. The van der Waals surface area contributed by atoms with Crippen LogP contribution in [-0.4, -0.2) is 25.6 Å². The number of rotatable bonds is 3. The molecule has 0 unspecified atom stereocenters. The van der Waals surface area contributed by atoms with Crippen molar-refractivity contribution in [1.29, 1.82) is 0 Å². The average molecular weight is 243 g/mol. The van der Waals surface area contributed by atoms with Gasteiger partial charge in [0.25, 0.3) is 0 Å². The first kappa shape index (κ1) is 12.8. The Balaban J connectivity index is 2.75. The van der Waals surface area contributed by atoms with E-state index in [4.69, 9.17) is 5.73 Å². The van der Waals surface area contributed by atoms with Crippen molar-refractivity contribution in [3.63, 3.8) is 0 Å². The van der Waals surface area contributed by atoms with Crippen molar-refractivity contribution in [1.82, 2.24) is 4.98 Å². The molecule has 2 aromatic rings. The normalized spacial score (nSPS) is 10.9. The molecule has 3 heteroatoms. The number of aryl methyl sites for hydroxylation is 2. The summed E-state index contributed by atoms with van der Waals surface area (Å²) in [5, 5.41) is 1.22. The molecule has 1 heterocycles. The van der Waals surface area contributed by atoms with Crippen molar-refractivity contribution >= 4 is 16.6 Å². The van der Waals surface area contributed by atoms with Crippen LogP contribution in [0.1, 0.15) is 16.8 Å². The fourth-order valence-corrected chi connectivity index (χ4v) is 2.36. The lowest BCUT2D eigenvalue weighted by atomic mass is 10.0. The maximum absolute atomic E-state index is 5.65. The topological polar surface area (TPSA) is 42.1 Å². The van der Waals surface area contributed by atoms with Gasteiger partial charge < -0.3 is 10.6 Å². The van der Waals surface area contributed by atoms with Gasteiger partial charge in [-0.3, -0.25) is 4.98 Å². The Hall–Kier alpha value is -1.61. The van der Waals surface area contributed by atoms with Crippen LogP contribution >= 0.6 is 0 Å². The van der Waals surface area contributed by atoms with Crippen LogP contribution in [0.5, 0.6) is 0 Å². The Bertz CT molecular complexity index is 573. The number of pyridine rings is 1. The molecule has 2 rings (SSSR count). The third-order valence-electron chi connectivity index (χ3n) is 3.18. The zero-order valence-electron chi connectivity index (χ0n) is 11.6. The van der Waals surface area contributed by atoms with Gasteiger partial charge in [0.2, 0.25) is 0 Å². The molecule has 0 aliphatic heterocycles. The Kier molecular flexibility index (Phi) is 3.53. The maximum Gasteiger partial charge on any atom is 0.0755 e. The summed E-state index contributed by atoms with van der Waals surface area (Å²) in [6, 6.07) is 6.55. The standard InChI is InChI=1S/C15H21N3/c1-10-7-12(5-6-16)9-13-14(18(3)4)8-11(2)17-15(10)13/h7-9H,5-6,16H2,1-4H3. The van der Waals surface area contributed by atoms with Crippen LogP contribution in [0, 0.1) is 13.8 Å². The molecule has 0 aliphatic rings. The van der Waals surface area contributed by atoms with Gasteiger partial charge >= 0.3 is 0 Å². The van der Waals surface area contributed by atoms with Gasteiger partial charge in [-0.1, -0.05) is 6.07 Å². The third-order valence-corrected chi connectivity index (χ3v) is 3.18. The van der Waals surface area contributed by atoms with Crippen molar-refractivity contribution in [2.24, 2.45) is 5.73 Å². The van der Waals surface area contributed by atoms with Gasteiger partial charge in [-0.15, -0.1) is 0 Å². The molecule has 0 atom stereocenters. The molecule has 0 amide bonds. The fourth-order valence-electron chi connectivity index (χ4n) is 2.36. The van der Waals surface area contributed by atoms with Gasteiger partial charge in [-0.25, -0.2) is 0 Å². The van der Waals surface area contributed by atoms with Crippen molar-refractivity contribution in [3.8, 4) is 0 Å². The molecule has 2 N–H and O–H groups in total. The average Bonchev–Trinajstić information content (AvgIpc) is 2.29. The summed E-state index contributed by atoms with van der Waals surface area (Å²) in [6.45, 7) is 4.84. The van der Waals surface area contributed by atoms with E-state index in [2.05, 4.69) is 49.1 Å². The summed E-state index contributed by atoms with van der Waals surface area (Å²) in [5.41, 5.74) is 11.5. The van der Waals surface area contributed by atoms with Crippen molar-refractivity contribution < 1.29 is 0 Å². The van der Waals surface area contributed by atoms with Crippen LogP contribution in [0.4, 0.5) is 5.69 Å². The van der Waals surface area contributed by atoms with Crippen LogP contribution in [0.3, 0.4) is 0 Å². The van der Waals surface area contributed by atoms with Crippen LogP contribution in [0.2, 0.25) is 0 Å². The van der Waals surface area contributed by atoms with Gasteiger partial charge in [-0.05, 0) is 50.1 Å². The summed E-state index contributed by atoms with van der Waals surface area (Å²) < 4.78 is 0. The van der Waals surface area contributed by atoms with E-state index in [9.17, 15) is 0 Å². The Morgan fingerprint density at radius 2 is 1.89 bits per heavy atom. The Labute approximate surface area is 109 Å². The molecule has 96 valence electrons. The SMILES string of the molecule is Cc1cc(N(C)C)c2cc(CCN)cc(C)c2n1. The molecule has 0 bridgehead atoms. The summed E-state index contributed by atoms with van der Waals surface area (Å²) >= 11 is 0. The van der Waals surface area contributed by atoms with E-state index < -0.39 is 0 Å². The molecule has 1 aromatic heterocycles. The summed E-state index contributed by atoms with van der Waals surface area (Å²) in [7, 11) is 4.14. The zero-order chi connectivity index (χ0) is 13.3. The third kappa shape index (κ3) is 2.31. The van der Waals surface area contributed by atoms with Crippen molar-refractivity contribution in [2.75, 3.05) is 25.5 Å². The lowest BCUT2D eigenvalue weighted by Gasteiger charge is -2.18. The molecular formula is C15H21N3. The number of nitrogens with zero attached hydrogens (tertiary/aromatic N) is 2. The summed E-state index contributed by atoms with van der Waals surface area (Å²) in [5.74, 6) is 0. The number of hydrogen-bond donors (Lipinski definition) is 1. The minimum atomic E-state index is 0.682. The van der Waals surface area contributed by atoms with E-state index in [1.807, 2.05) is 6.92 Å². The van der Waals surface area contributed by atoms with E-state index in [-0.39, 0.29) is 0 Å². The zero-order valence-corrected chi connectivity index (χ0v) is 11.6. The second-order valence-corrected chi connectivity index (χ2v) is 5.02. The first-order valence-corrected chi connectivity index (χ1v) is 6.31. The number of aromatic nitrogens is 1. The highest BCUT2D eigenvalue weighted by Crippen LogP contribution is 2.28. The Morgan fingerprint density at radius 3 is 2.50 bits per heavy atom. The molecule has 0 fully saturated rings. The molecule has 18 heavy (non-hydrogen) atoms. The van der Waals surface area contributed by atoms with Gasteiger partial charge in [0.1, 0.15) is 0 Å². The van der Waals surface area contributed by atoms with Crippen LogP contribution < -0.4 is 10.6 Å². The number of hydrogen-bond acceptors (Lipinski definition) is 3. The van der Waals surface area contributed by atoms with Gasteiger partial charge in [0.05, 0.1) is 5.52 Å². The second-order valence-electron chi connectivity index (χ2n) is 5.02. The number of anilines is 1. The fraction of sp³-hybridized carbons (Fsp3) is 0.400. The number of benzene rings is 1. The van der Waals surface area contributed by atoms with Crippen LogP contribution in [0.15, 0.2) is 18.2 Å². The van der Waals surface area contributed by atoms with E-state index in [0.717, 1.165) is 17.6 Å². The highest BCUT2D eigenvalue weighted by Gasteiger charge is 2.09. The molecule has 0 aliphatic carbocycles. The smallest absolute Gasteiger partial charge is 0.0755 e. The first-order chi connectivity index (χ1) is 8.52. The summed E-state index contributed by atoms with van der Waals surface area (Å²) in [6.07, 6.45) is 0.914. The predicted octanol–water partition coefficient (Wildman–Crippen LogP) is 2.42. The molecule has 1 aromatic carbocycles. The molecule has 0 saturated heterocycles. The number of fused-ring (bicyclic) bond motifs is 1. The van der Waals surface area contributed by atoms with E-state index in [1.54, 1.807) is 0 Å². The van der Waals surface area contributed by atoms with E-state index >= 15 is 0 Å². The molecule has 3 nitrogen and oxygen atoms in total. The quantitative estimate of drug-likeness (QED) is 0.900. The van der Waals surface area contributed by atoms with Crippen molar-refractivity contribution in [3.05, 3.63) is 35.0 Å². The highest BCUT2D eigenvalue weighted by molar-refractivity contribution is 5.94. The number of nitrogens with two attached hydrogens (primary N) is 1. The molecule has 0 radical (unpaired) electrons. The van der Waals surface area contributed by atoms with Gasteiger partial charge in [0, 0.05) is 30.9 Å². The first-order valence-electron chi connectivity index (χ1n) is 6.31. The second kappa shape index (κ2) is 4.94. The molecule has 0 spiro atoms.